The number of nitrogens with one attached hydrogen (secondary N) is 1. The number of halogens is 1. The highest BCUT2D eigenvalue weighted by Gasteiger charge is 2.17. The minimum atomic E-state index is -0.247. The molecule has 2 aromatic carbocycles. The second kappa shape index (κ2) is 8.68. The van der Waals surface area contributed by atoms with Crippen molar-refractivity contribution < 1.29 is 8.91 Å². The van der Waals surface area contributed by atoms with Crippen LogP contribution in [0, 0.1) is 5.82 Å². The largest absolute Gasteiger partial charge is 0.338 e. The van der Waals surface area contributed by atoms with Gasteiger partial charge < -0.3 is 4.52 Å². The third-order valence-corrected chi connectivity index (χ3v) is 5.73. The van der Waals surface area contributed by atoms with Gasteiger partial charge in [0.05, 0.1) is 12.6 Å². The molecule has 0 spiro atoms. The third kappa shape index (κ3) is 4.60. The Balaban J connectivity index is 1.49. The molecule has 2 aromatic heterocycles. The van der Waals surface area contributed by atoms with Crippen LogP contribution < -0.4 is 5.32 Å². The van der Waals surface area contributed by atoms with Crippen molar-refractivity contribution in [3.8, 4) is 11.4 Å². The molecule has 1 atom stereocenters. The quantitative estimate of drug-likeness (QED) is 0.412. The first-order valence-electron chi connectivity index (χ1n) is 9.55. The van der Waals surface area contributed by atoms with Crippen molar-refractivity contribution >= 4 is 11.3 Å². The van der Waals surface area contributed by atoms with Crippen LogP contribution in [0.1, 0.15) is 47.7 Å². The number of aromatic nitrogens is 2. The molecule has 0 amide bonds. The summed E-state index contributed by atoms with van der Waals surface area (Å²) in [5.41, 5.74) is 3.19. The van der Waals surface area contributed by atoms with E-state index in [0.717, 1.165) is 16.0 Å². The van der Waals surface area contributed by atoms with Gasteiger partial charge in [-0.15, -0.1) is 11.3 Å². The molecule has 0 saturated carbocycles. The Kier molecular flexibility index (Phi) is 5.83. The summed E-state index contributed by atoms with van der Waals surface area (Å²) in [5.74, 6) is 1.32. The summed E-state index contributed by atoms with van der Waals surface area (Å²) in [4.78, 5) is 5.66. The van der Waals surface area contributed by atoms with Crippen LogP contribution in [0.3, 0.4) is 0 Å². The summed E-state index contributed by atoms with van der Waals surface area (Å²) in [6.07, 6.45) is 0. The van der Waals surface area contributed by atoms with E-state index in [-0.39, 0.29) is 11.9 Å². The number of benzene rings is 2. The molecular weight excluding hydrogens is 385 g/mol. The molecular formula is C23H22FN3OS. The SMILES string of the molecule is CC(C)c1ccc(-c2noc(CNC(c3ccc(F)cc3)c3cccs3)n2)cc1. The fourth-order valence-corrected chi connectivity index (χ4v) is 3.97. The van der Waals surface area contributed by atoms with Crippen LogP contribution in [-0.4, -0.2) is 10.1 Å². The topological polar surface area (TPSA) is 51.0 Å². The Morgan fingerprint density at radius 2 is 1.72 bits per heavy atom. The lowest BCUT2D eigenvalue weighted by atomic mass is 10.0. The molecule has 4 aromatic rings. The Hall–Kier alpha value is -2.83. The van der Waals surface area contributed by atoms with E-state index in [4.69, 9.17) is 4.52 Å². The number of thiophene rings is 1. The summed E-state index contributed by atoms with van der Waals surface area (Å²) in [6, 6.07) is 18.7. The maximum atomic E-state index is 13.3. The van der Waals surface area contributed by atoms with Gasteiger partial charge in [0.2, 0.25) is 11.7 Å². The van der Waals surface area contributed by atoms with E-state index in [0.29, 0.717) is 24.2 Å². The summed E-state index contributed by atoms with van der Waals surface area (Å²) >= 11 is 1.65. The Labute approximate surface area is 173 Å². The van der Waals surface area contributed by atoms with Crippen LogP contribution >= 0.6 is 11.3 Å². The van der Waals surface area contributed by atoms with E-state index in [1.807, 2.05) is 23.6 Å². The minimum Gasteiger partial charge on any atom is -0.338 e. The molecule has 6 heteroatoms. The third-order valence-electron chi connectivity index (χ3n) is 4.79. The summed E-state index contributed by atoms with van der Waals surface area (Å²) in [5, 5.41) is 9.59. The van der Waals surface area contributed by atoms with E-state index >= 15 is 0 Å². The van der Waals surface area contributed by atoms with E-state index in [2.05, 4.69) is 47.5 Å². The maximum Gasteiger partial charge on any atom is 0.240 e. The summed E-state index contributed by atoms with van der Waals surface area (Å²) in [7, 11) is 0. The average Bonchev–Trinajstić information content (AvgIpc) is 3.42. The van der Waals surface area contributed by atoms with Crippen molar-refractivity contribution in [1.29, 1.82) is 0 Å². The molecule has 0 aliphatic rings. The molecule has 148 valence electrons. The smallest absolute Gasteiger partial charge is 0.240 e. The van der Waals surface area contributed by atoms with Gasteiger partial charge >= 0.3 is 0 Å². The standard InChI is InChI=1S/C23H22FN3OS/c1-15(2)16-5-7-18(8-6-16)23-26-21(28-27-23)14-25-22(20-4-3-13-29-20)17-9-11-19(24)12-10-17/h3-13,15,22,25H,14H2,1-2H3. The Morgan fingerprint density at radius 3 is 2.38 bits per heavy atom. The summed E-state index contributed by atoms with van der Waals surface area (Å²) < 4.78 is 18.8. The first kappa shape index (κ1) is 19.5. The highest BCUT2D eigenvalue weighted by atomic mass is 32.1. The molecule has 0 bridgehead atoms. The van der Waals surface area contributed by atoms with Crippen LogP contribution in [0.2, 0.25) is 0 Å². The number of nitrogens with zero attached hydrogens (tertiary/aromatic N) is 2. The Morgan fingerprint density at radius 1 is 1.00 bits per heavy atom. The van der Waals surface area contributed by atoms with Gasteiger partial charge in [0.25, 0.3) is 0 Å². The molecule has 29 heavy (non-hydrogen) atoms. The second-order valence-corrected chi connectivity index (χ2v) is 8.15. The average molecular weight is 408 g/mol. The van der Waals surface area contributed by atoms with Gasteiger partial charge in [0.1, 0.15) is 5.82 Å². The first-order chi connectivity index (χ1) is 14.1. The van der Waals surface area contributed by atoms with Crippen molar-refractivity contribution in [3.05, 3.63) is 93.8 Å². The molecule has 4 rings (SSSR count). The van der Waals surface area contributed by atoms with Crippen LogP contribution in [0.15, 0.2) is 70.6 Å². The zero-order valence-corrected chi connectivity index (χ0v) is 17.1. The number of hydrogen-bond donors (Lipinski definition) is 1. The number of hydrogen-bond acceptors (Lipinski definition) is 5. The lowest BCUT2D eigenvalue weighted by Crippen LogP contribution is -2.21. The van der Waals surface area contributed by atoms with E-state index < -0.39 is 0 Å². The van der Waals surface area contributed by atoms with Gasteiger partial charge in [-0.3, -0.25) is 5.32 Å². The molecule has 0 radical (unpaired) electrons. The van der Waals surface area contributed by atoms with E-state index in [9.17, 15) is 4.39 Å². The normalized spacial score (nSPS) is 12.4. The Bertz CT molecular complexity index is 1040. The van der Waals surface area contributed by atoms with Gasteiger partial charge in [0.15, 0.2) is 0 Å². The maximum absolute atomic E-state index is 13.3. The molecule has 2 heterocycles. The molecule has 0 aliphatic carbocycles. The van der Waals surface area contributed by atoms with Crippen molar-refractivity contribution in [2.45, 2.75) is 32.4 Å². The summed E-state index contributed by atoms with van der Waals surface area (Å²) in [6.45, 7) is 4.74. The molecule has 4 nitrogen and oxygen atoms in total. The predicted octanol–water partition coefficient (Wildman–Crippen LogP) is 5.94. The molecule has 1 unspecified atom stereocenters. The highest BCUT2D eigenvalue weighted by Crippen LogP contribution is 2.27. The van der Waals surface area contributed by atoms with Crippen molar-refractivity contribution in [3.63, 3.8) is 0 Å². The van der Waals surface area contributed by atoms with Crippen LogP contribution in [0.4, 0.5) is 4.39 Å². The van der Waals surface area contributed by atoms with E-state index in [1.165, 1.54) is 17.7 Å². The lowest BCUT2D eigenvalue weighted by molar-refractivity contribution is 0.363. The van der Waals surface area contributed by atoms with Gasteiger partial charge in [-0.2, -0.15) is 4.98 Å². The molecule has 1 N–H and O–H groups in total. The molecule has 0 aliphatic heterocycles. The van der Waals surface area contributed by atoms with Gasteiger partial charge in [0, 0.05) is 10.4 Å². The first-order valence-corrected chi connectivity index (χ1v) is 10.4. The minimum absolute atomic E-state index is 0.0729. The van der Waals surface area contributed by atoms with Crippen LogP contribution in [0.5, 0.6) is 0 Å². The lowest BCUT2D eigenvalue weighted by Gasteiger charge is -2.17. The van der Waals surface area contributed by atoms with Gasteiger partial charge in [-0.1, -0.05) is 61.5 Å². The second-order valence-electron chi connectivity index (χ2n) is 7.17. The molecule has 0 fully saturated rings. The fraction of sp³-hybridized carbons (Fsp3) is 0.217. The highest BCUT2D eigenvalue weighted by molar-refractivity contribution is 7.10. The predicted molar refractivity (Wildman–Crippen MR) is 113 cm³/mol. The van der Waals surface area contributed by atoms with E-state index in [1.54, 1.807) is 23.5 Å². The fourth-order valence-electron chi connectivity index (χ4n) is 3.14. The van der Waals surface area contributed by atoms with Crippen molar-refractivity contribution in [2.75, 3.05) is 0 Å². The van der Waals surface area contributed by atoms with Gasteiger partial charge in [-0.25, -0.2) is 4.39 Å². The van der Waals surface area contributed by atoms with Crippen molar-refractivity contribution in [1.82, 2.24) is 15.5 Å². The van der Waals surface area contributed by atoms with Crippen molar-refractivity contribution in [2.24, 2.45) is 0 Å². The van der Waals surface area contributed by atoms with Crippen LogP contribution in [0.25, 0.3) is 11.4 Å². The van der Waals surface area contributed by atoms with Crippen LogP contribution in [-0.2, 0) is 6.54 Å². The zero-order valence-electron chi connectivity index (χ0n) is 16.3. The number of rotatable bonds is 7. The monoisotopic (exact) mass is 407 g/mol. The van der Waals surface area contributed by atoms with Gasteiger partial charge in [-0.05, 0) is 40.6 Å². The molecule has 0 saturated heterocycles. The zero-order chi connectivity index (χ0) is 20.2.